The molecule has 1 aromatic carbocycles. The van der Waals surface area contributed by atoms with E-state index in [-0.39, 0.29) is 16.9 Å². The molecule has 18 heavy (non-hydrogen) atoms. The first-order valence-corrected chi connectivity index (χ1v) is 5.99. The van der Waals surface area contributed by atoms with Crippen LogP contribution in [0.2, 0.25) is 0 Å². The van der Waals surface area contributed by atoms with Crippen molar-refractivity contribution in [3.05, 3.63) is 23.8 Å². The first kappa shape index (κ1) is 11.4. The van der Waals surface area contributed by atoms with Gasteiger partial charge in [-0.15, -0.1) is 0 Å². The molecule has 1 aliphatic carbocycles. The van der Waals surface area contributed by atoms with Gasteiger partial charge < -0.3 is 10.3 Å². The Kier molecular flexibility index (Phi) is 2.18. The quantitative estimate of drug-likeness (QED) is 0.891. The summed E-state index contributed by atoms with van der Waals surface area (Å²) in [5.41, 5.74) is 6.67. The summed E-state index contributed by atoms with van der Waals surface area (Å²) in [6.07, 6.45) is 1.10. The zero-order valence-corrected chi connectivity index (χ0v) is 10.4. The number of nitrogens with two attached hydrogens (primary N) is 1. The molecule has 1 fully saturated rings. The maximum absolute atomic E-state index is 13.6. The topological polar surface area (TPSA) is 43.8 Å². The van der Waals surface area contributed by atoms with Gasteiger partial charge in [0.25, 0.3) is 0 Å². The number of rotatable bonds is 2. The van der Waals surface area contributed by atoms with Crippen LogP contribution in [0, 0.1) is 23.0 Å². The lowest BCUT2D eigenvalue weighted by atomic mass is 10.1. The molecule has 2 aromatic rings. The van der Waals surface area contributed by atoms with Gasteiger partial charge in [0.05, 0.1) is 5.52 Å². The molecular formula is C13H15F2N3. The van der Waals surface area contributed by atoms with Crippen LogP contribution in [0.1, 0.15) is 20.3 Å². The van der Waals surface area contributed by atoms with Crippen molar-refractivity contribution in [1.29, 1.82) is 0 Å². The van der Waals surface area contributed by atoms with Gasteiger partial charge in [0.1, 0.15) is 11.3 Å². The molecule has 1 heterocycles. The van der Waals surface area contributed by atoms with E-state index < -0.39 is 11.6 Å². The van der Waals surface area contributed by atoms with Gasteiger partial charge in [-0.1, -0.05) is 13.8 Å². The average molecular weight is 251 g/mol. The summed E-state index contributed by atoms with van der Waals surface area (Å²) in [4.78, 5) is 3.98. The van der Waals surface area contributed by atoms with Gasteiger partial charge in [0.2, 0.25) is 5.95 Å². The normalized spacial score (nSPS) is 21.4. The Morgan fingerprint density at radius 1 is 1.44 bits per heavy atom. The molecule has 3 nitrogen and oxygen atoms in total. The van der Waals surface area contributed by atoms with Gasteiger partial charge >= 0.3 is 0 Å². The maximum atomic E-state index is 13.6. The van der Waals surface area contributed by atoms with Crippen LogP contribution < -0.4 is 5.73 Å². The van der Waals surface area contributed by atoms with Crippen LogP contribution in [0.5, 0.6) is 0 Å². The minimum atomic E-state index is -0.662. The van der Waals surface area contributed by atoms with Crippen molar-refractivity contribution in [1.82, 2.24) is 9.55 Å². The van der Waals surface area contributed by atoms with Crippen molar-refractivity contribution >= 4 is 17.0 Å². The van der Waals surface area contributed by atoms with Crippen LogP contribution in [0.15, 0.2) is 12.1 Å². The number of imidazole rings is 1. The van der Waals surface area contributed by atoms with Crippen LogP contribution in [-0.2, 0) is 6.54 Å². The average Bonchev–Trinajstić information content (AvgIpc) is 2.73. The smallest absolute Gasteiger partial charge is 0.201 e. The molecule has 0 bridgehead atoms. The van der Waals surface area contributed by atoms with E-state index in [1.165, 1.54) is 6.07 Å². The summed E-state index contributed by atoms with van der Waals surface area (Å²) in [7, 11) is 0. The highest BCUT2D eigenvalue weighted by Gasteiger charge is 2.45. The third-order valence-corrected chi connectivity index (χ3v) is 3.92. The fourth-order valence-corrected chi connectivity index (χ4v) is 2.47. The molecule has 0 aliphatic heterocycles. The highest BCUT2D eigenvalue weighted by atomic mass is 19.1. The third kappa shape index (κ3) is 1.65. The number of anilines is 1. The van der Waals surface area contributed by atoms with Crippen molar-refractivity contribution in [3.8, 4) is 0 Å². The molecule has 0 spiro atoms. The molecule has 1 unspecified atom stereocenters. The first-order chi connectivity index (χ1) is 8.38. The predicted octanol–water partition coefficient (Wildman–Crippen LogP) is 2.94. The Hall–Kier alpha value is -1.65. The molecule has 1 saturated carbocycles. The highest BCUT2D eigenvalue weighted by molar-refractivity contribution is 5.79. The number of aromatic nitrogens is 2. The first-order valence-electron chi connectivity index (χ1n) is 5.99. The zero-order valence-electron chi connectivity index (χ0n) is 10.4. The van der Waals surface area contributed by atoms with E-state index in [9.17, 15) is 8.78 Å². The van der Waals surface area contributed by atoms with E-state index in [4.69, 9.17) is 5.73 Å². The molecule has 96 valence electrons. The fraction of sp³-hybridized carbons (Fsp3) is 0.462. The van der Waals surface area contributed by atoms with Crippen LogP contribution in [-0.4, -0.2) is 9.55 Å². The Balaban J connectivity index is 2.08. The minimum Gasteiger partial charge on any atom is -0.369 e. The summed E-state index contributed by atoms with van der Waals surface area (Å²) in [5, 5.41) is 0. The van der Waals surface area contributed by atoms with Crippen molar-refractivity contribution in [2.24, 2.45) is 11.3 Å². The molecule has 0 radical (unpaired) electrons. The highest BCUT2D eigenvalue weighted by Crippen LogP contribution is 2.52. The van der Waals surface area contributed by atoms with Gasteiger partial charge in [-0.3, -0.25) is 0 Å². The van der Waals surface area contributed by atoms with Gasteiger partial charge in [-0.05, 0) is 17.8 Å². The molecule has 1 aliphatic rings. The SMILES string of the molecule is CC1(C)CC1Cn1c(N)nc2c(F)cc(F)cc21. The van der Waals surface area contributed by atoms with E-state index in [1.807, 2.05) is 0 Å². The van der Waals surface area contributed by atoms with E-state index >= 15 is 0 Å². The predicted molar refractivity (Wildman–Crippen MR) is 65.9 cm³/mol. The standard InChI is InChI=1S/C13H15F2N3/c1-13(2)5-7(13)6-18-10-4-8(14)3-9(15)11(10)17-12(18)16/h3-4,7H,5-6H2,1-2H3,(H2,16,17). The third-order valence-electron chi connectivity index (χ3n) is 3.92. The fourth-order valence-electron chi connectivity index (χ4n) is 2.47. The Morgan fingerprint density at radius 2 is 2.11 bits per heavy atom. The number of hydrogen-bond donors (Lipinski definition) is 1. The lowest BCUT2D eigenvalue weighted by Gasteiger charge is -2.08. The lowest BCUT2D eigenvalue weighted by molar-refractivity contribution is 0.507. The van der Waals surface area contributed by atoms with E-state index in [0.29, 0.717) is 18.0 Å². The molecule has 1 atom stereocenters. The van der Waals surface area contributed by atoms with Crippen LogP contribution in [0.3, 0.4) is 0 Å². The van der Waals surface area contributed by atoms with Crippen LogP contribution in [0.25, 0.3) is 11.0 Å². The van der Waals surface area contributed by atoms with Crippen LogP contribution in [0.4, 0.5) is 14.7 Å². The Bertz CT molecular complexity index is 631. The summed E-state index contributed by atoms with van der Waals surface area (Å²) in [6.45, 7) is 5.01. The number of hydrogen-bond acceptors (Lipinski definition) is 2. The van der Waals surface area contributed by atoms with Gasteiger partial charge in [-0.2, -0.15) is 0 Å². The molecule has 5 heteroatoms. The van der Waals surface area contributed by atoms with Crippen molar-refractivity contribution in [2.45, 2.75) is 26.8 Å². The van der Waals surface area contributed by atoms with E-state index in [0.717, 1.165) is 12.5 Å². The second-order valence-electron chi connectivity index (χ2n) is 5.73. The summed E-state index contributed by atoms with van der Waals surface area (Å²) in [6, 6.07) is 2.12. The van der Waals surface area contributed by atoms with Gasteiger partial charge in [0, 0.05) is 18.7 Å². The molecule has 0 amide bonds. The van der Waals surface area contributed by atoms with Crippen molar-refractivity contribution in [3.63, 3.8) is 0 Å². The molecular weight excluding hydrogens is 236 g/mol. The zero-order chi connectivity index (χ0) is 13.1. The molecule has 0 saturated heterocycles. The van der Waals surface area contributed by atoms with Gasteiger partial charge in [-0.25, -0.2) is 13.8 Å². The van der Waals surface area contributed by atoms with Crippen molar-refractivity contribution in [2.75, 3.05) is 5.73 Å². The number of fused-ring (bicyclic) bond motifs is 1. The number of nitrogen functional groups attached to an aromatic ring is 1. The number of benzene rings is 1. The minimum absolute atomic E-state index is 0.146. The second kappa shape index (κ2) is 3.43. The van der Waals surface area contributed by atoms with E-state index in [1.54, 1.807) is 4.57 Å². The monoisotopic (exact) mass is 251 g/mol. The Labute approximate surface area is 104 Å². The number of nitrogens with zero attached hydrogens (tertiary/aromatic N) is 2. The van der Waals surface area contributed by atoms with Crippen molar-refractivity contribution < 1.29 is 8.78 Å². The summed E-state index contributed by atoms with van der Waals surface area (Å²) < 4.78 is 28.6. The second-order valence-corrected chi connectivity index (χ2v) is 5.73. The molecule has 3 rings (SSSR count). The lowest BCUT2D eigenvalue weighted by Crippen LogP contribution is -2.07. The Morgan fingerprint density at radius 3 is 2.72 bits per heavy atom. The largest absolute Gasteiger partial charge is 0.369 e. The molecule has 1 aromatic heterocycles. The van der Waals surface area contributed by atoms with E-state index in [2.05, 4.69) is 18.8 Å². The maximum Gasteiger partial charge on any atom is 0.201 e. The number of halogens is 2. The van der Waals surface area contributed by atoms with Crippen LogP contribution >= 0.6 is 0 Å². The molecule has 2 N–H and O–H groups in total. The van der Waals surface area contributed by atoms with Gasteiger partial charge in [0.15, 0.2) is 5.82 Å². The summed E-state index contributed by atoms with van der Waals surface area (Å²) in [5.74, 6) is -0.526. The summed E-state index contributed by atoms with van der Waals surface area (Å²) >= 11 is 0.